The maximum Gasteiger partial charge on any atom is 0.337 e. The fourth-order valence-corrected chi connectivity index (χ4v) is 4.66. The van der Waals surface area contributed by atoms with Gasteiger partial charge in [-0.15, -0.1) is 11.8 Å². The van der Waals surface area contributed by atoms with Gasteiger partial charge in [-0.3, -0.25) is 4.72 Å². The molecule has 27 heavy (non-hydrogen) atoms. The van der Waals surface area contributed by atoms with Crippen LogP contribution in [-0.2, 0) is 19.5 Å². The molecule has 0 fully saturated rings. The lowest BCUT2D eigenvalue weighted by Gasteiger charge is -2.13. The number of hydrogen-bond acceptors (Lipinski definition) is 7. The van der Waals surface area contributed by atoms with Crippen molar-refractivity contribution in [3.05, 3.63) is 52.5 Å². The summed E-state index contributed by atoms with van der Waals surface area (Å²) in [6, 6.07) is 8.27. The Morgan fingerprint density at radius 3 is 2.04 bits per heavy atom. The number of hydrogen-bond donors (Lipinski definition) is 1. The molecule has 10 heteroatoms. The zero-order chi connectivity index (χ0) is 20.2. The first kappa shape index (κ1) is 21.1. The van der Waals surface area contributed by atoms with Crippen LogP contribution in [0.25, 0.3) is 0 Å². The number of halogens is 1. The molecule has 2 aromatic carbocycles. The molecular weight excluding hydrogens is 414 g/mol. The normalized spacial score (nSPS) is 11.0. The Kier molecular flexibility index (Phi) is 6.74. The molecule has 0 aliphatic heterocycles. The fraction of sp³-hybridized carbons (Fsp3) is 0.176. The van der Waals surface area contributed by atoms with E-state index in [1.807, 2.05) is 0 Å². The van der Waals surface area contributed by atoms with E-state index < -0.39 is 22.0 Å². The summed E-state index contributed by atoms with van der Waals surface area (Å²) < 4.78 is 37.3. The van der Waals surface area contributed by atoms with Crippen molar-refractivity contribution in [3.63, 3.8) is 0 Å². The third-order valence-corrected chi connectivity index (χ3v) is 6.02. The average Bonchev–Trinajstić information content (AvgIpc) is 2.65. The average molecular weight is 430 g/mol. The maximum absolute atomic E-state index is 12.8. The monoisotopic (exact) mass is 429 g/mol. The van der Waals surface area contributed by atoms with E-state index in [4.69, 9.17) is 11.6 Å². The molecule has 2 aromatic rings. The predicted molar refractivity (Wildman–Crippen MR) is 103 cm³/mol. The summed E-state index contributed by atoms with van der Waals surface area (Å²) >= 11 is 7.17. The summed E-state index contributed by atoms with van der Waals surface area (Å²) in [7, 11) is -1.69. The topological polar surface area (TPSA) is 98.8 Å². The SMILES string of the molecule is COC(=O)c1cc(NS(=O)(=O)c2cc(Cl)ccc2SC)cc(C(=O)OC)c1. The maximum atomic E-state index is 12.8. The van der Waals surface area contributed by atoms with Crippen LogP contribution in [0.15, 0.2) is 46.2 Å². The molecule has 2 rings (SSSR count). The lowest BCUT2D eigenvalue weighted by Crippen LogP contribution is -2.16. The van der Waals surface area contributed by atoms with Crippen LogP contribution in [0.4, 0.5) is 5.69 Å². The molecule has 1 N–H and O–H groups in total. The summed E-state index contributed by atoms with van der Waals surface area (Å²) in [6.07, 6.45) is 1.73. The van der Waals surface area contributed by atoms with Crippen LogP contribution in [0, 0.1) is 0 Å². The number of benzene rings is 2. The van der Waals surface area contributed by atoms with Crippen molar-refractivity contribution in [2.75, 3.05) is 25.2 Å². The highest BCUT2D eigenvalue weighted by molar-refractivity contribution is 7.99. The van der Waals surface area contributed by atoms with E-state index in [1.165, 1.54) is 50.2 Å². The summed E-state index contributed by atoms with van der Waals surface area (Å²) in [4.78, 5) is 24.1. The van der Waals surface area contributed by atoms with Crippen LogP contribution >= 0.6 is 23.4 Å². The molecular formula is C17H16ClNO6S2. The van der Waals surface area contributed by atoms with Gasteiger partial charge >= 0.3 is 11.9 Å². The highest BCUT2D eigenvalue weighted by atomic mass is 35.5. The van der Waals surface area contributed by atoms with Gasteiger partial charge in [-0.2, -0.15) is 0 Å². The van der Waals surface area contributed by atoms with Crippen molar-refractivity contribution >= 4 is 51.0 Å². The standard InChI is InChI=1S/C17H16ClNO6S2/c1-24-16(20)10-6-11(17(21)25-2)8-13(7-10)19-27(22,23)15-9-12(18)4-5-14(15)26-3/h4-9,19H,1-3H3. The minimum Gasteiger partial charge on any atom is -0.465 e. The smallest absolute Gasteiger partial charge is 0.337 e. The van der Waals surface area contributed by atoms with E-state index in [-0.39, 0.29) is 26.7 Å². The molecule has 0 amide bonds. The van der Waals surface area contributed by atoms with Gasteiger partial charge in [0.25, 0.3) is 10.0 Å². The molecule has 0 heterocycles. The van der Waals surface area contributed by atoms with Crippen LogP contribution in [0.3, 0.4) is 0 Å². The number of carbonyl (C=O) groups excluding carboxylic acids is 2. The summed E-state index contributed by atoms with van der Waals surface area (Å²) in [5.74, 6) is -1.46. The molecule has 0 spiro atoms. The number of thioether (sulfide) groups is 1. The first-order chi connectivity index (χ1) is 12.7. The minimum absolute atomic E-state index is 0.00493. The number of ether oxygens (including phenoxy) is 2. The number of rotatable bonds is 6. The zero-order valence-electron chi connectivity index (χ0n) is 14.6. The molecule has 0 aliphatic carbocycles. The van der Waals surface area contributed by atoms with Gasteiger partial charge in [0.15, 0.2) is 0 Å². The van der Waals surface area contributed by atoms with E-state index in [0.717, 1.165) is 0 Å². The van der Waals surface area contributed by atoms with Crippen LogP contribution in [0.2, 0.25) is 5.02 Å². The summed E-state index contributed by atoms with van der Waals surface area (Å²) in [6.45, 7) is 0. The summed E-state index contributed by atoms with van der Waals surface area (Å²) in [5, 5.41) is 0.256. The Balaban J connectivity index is 2.53. The van der Waals surface area contributed by atoms with Crippen molar-refractivity contribution < 1.29 is 27.5 Å². The number of anilines is 1. The quantitative estimate of drug-likeness (QED) is 0.554. The second kappa shape index (κ2) is 8.64. The molecule has 144 valence electrons. The van der Waals surface area contributed by atoms with E-state index in [0.29, 0.717) is 4.90 Å². The van der Waals surface area contributed by atoms with E-state index in [1.54, 1.807) is 18.4 Å². The van der Waals surface area contributed by atoms with Crippen LogP contribution in [-0.4, -0.2) is 40.8 Å². The minimum atomic E-state index is -4.04. The van der Waals surface area contributed by atoms with E-state index >= 15 is 0 Å². The number of methoxy groups -OCH3 is 2. The third-order valence-electron chi connectivity index (χ3n) is 3.44. The number of nitrogens with one attached hydrogen (secondary N) is 1. The molecule has 0 saturated carbocycles. The highest BCUT2D eigenvalue weighted by Crippen LogP contribution is 2.29. The van der Waals surface area contributed by atoms with E-state index in [2.05, 4.69) is 14.2 Å². The van der Waals surface area contributed by atoms with Crippen LogP contribution < -0.4 is 4.72 Å². The molecule has 0 radical (unpaired) electrons. The van der Waals surface area contributed by atoms with Gasteiger partial charge < -0.3 is 9.47 Å². The molecule has 0 bridgehead atoms. The number of sulfonamides is 1. The van der Waals surface area contributed by atoms with Crippen molar-refractivity contribution in [1.82, 2.24) is 0 Å². The van der Waals surface area contributed by atoms with Crippen LogP contribution in [0.5, 0.6) is 0 Å². The predicted octanol–water partition coefficient (Wildman–Crippen LogP) is 3.44. The Labute approximate surface area is 166 Å². The molecule has 0 unspecified atom stereocenters. The number of esters is 2. The first-order valence-corrected chi connectivity index (χ1v) is 10.5. The largest absolute Gasteiger partial charge is 0.465 e. The Bertz CT molecular complexity index is 957. The zero-order valence-corrected chi connectivity index (χ0v) is 17.0. The Morgan fingerprint density at radius 1 is 1.00 bits per heavy atom. The van der Waals surface area contributed by atoms with Gasteiger partial charge in [-0.1, -0.05) is 11.6 Å². The van der Waals surface area contributed by atoms with Crippen molar-refractivity contribution in [3.8, 4) is 0 Å². The third kappa shape index (κ3) is 4.94. The second-order valence-electron chi connectivity index (χ2n) is 5.18. The highest BCUT2D eigenvalue weighted by Gasteiger charge is 2.21. The van der Waals surface area contributed by atoms with Crippen molar-refractivity contribution in [2.24, 2.45) is 0 Å². The Hall–Kier alpha value is -2.23. The van der Waals surface area contributed by atoms with Gasteiger partial charge in [0, 0.05) is 9.92 Å². The van der Waals surface area contributed by atoms with Gasteiger partial charge in [-0.25, -0.2) is 18.0 Å². The summed E-state index contributed by atoms with van der Waals surface area (Å²) in [5.41, 5.74) is -0.00565. The van der Waals surface area contributed by atoms with Gasteiger partial charge in [0.1, 0.15) is 4.90 Å². The fourth-order valence-electron chi connectivity index (χ4n) is 2.23. The Morgan fingerprint density at radius 2 is 1.56 bits per heavy atom. The van der Waals surface area contributed by atoms with Crippen molar-refractivity contribution in [2.45, 2.75) is 9.79 Å². The van der Waals surface area contributed by atoms with Gasteiger partial charge in [0.2, 0.25) is 0 Å². The molecule has 7 nitrogen and oxygen atoms in total. The molecule has 0 saturated heterocycles. The number of carbonyl (C=O) groups is 2. The molecule has 0 atom stereocenters. The van der Waals surface area contributed by atoms with Crippen LogP contribution in [0.1, 0.15) is 20.7 Å². The van der Waals surface area contributed by atoms with Crippen molar-refractivity contribution in [1.29, 1.82) is 0 Å². The lowest BCUT2D eigenvalue weighted by molar-refractivity contribution is 0.0599. The van der Waals surface area contributed by atoms with E-state index in [9.17, 15) is 18.0 Å². The molecule has 0 aliphatic rings. The van der Waals surface area contributed by atoms with Gasteiger partial charge in [-0.05, 0) is 42.7 Å². The first-order valence-electron chi connectivity index (χ1n) is 7.40. The van der Waals surface area contributed by atoms with Gasteiger partial charge in [0.05, 0.1) is 31.0 Å². The lowest BCUT2D eigenvalue weighted by atomic mass is 10.1. The second-order valence-corrected chi connectivity index (χ2v) is 8.12. The molecule has 0 aromatic heterocycles.